The Morgan fingerprint density at radius 3 is 2.41 bits per heavy atom. The highest BCUT2D eigenvalue weighted by molar-refractivity contribution is 7.92. The van der Waals surface area contributed by atoms with Crippen LogP contribution in [0.5, 0.6) is 0 Å². The lowest BCUT2D eigenvalue weighted by molar-refractivity contribution is 0.220. The van der Waals surface area contributed by atoms with Crippen molar-refractivity contribution in [1.29, 1.82) is 0 Å². The van der Waals surface area contributed by atoms with Crippen molar-refractivity contribution in [2.24, 2.45) is 11.3 Å². The zero-order valence-electron chi connectivity index (χ0n) is 25.6. The second-order valence-corrected chi connectivity index (χ2v) is 14.0. The lowest BCUT2D eigenvalue weighted by Crippen LogP contribution is -2.37. The summed E-state index contributed by atoms with van der Waals surface area (Å²) in [6.45, 7) is 17.3. The minimum atomic E-state index is -3.59. The molecule has 2 aromatic carbocycles. The van der Waals surface area contributed by atoms with Crippen molar-refractivity contribution in [1.82, 2.24) is 11.0 Å². The van der Waals surface area contributed by atoms with E-state index in [0.29, 0.717) is 12.3 Å². The summed E-state index contributed by atoms with van der Waals surface area (Å²) < 4.78 is 42.2. The largest absolute Gasteiger partial charge is 0.372 e. The standard InChI is InChI=1S/C31H47ClFN5O2S/c1-8-15-37(16-14-24(11-4)31(5,6)7)25-19-22(10-3)18-23(20-25)28-21-38(36-34-28)30-26(33)12-13-27(29(30)32)35-41(39,40)17-9-2/h12-13,18-21,24,34-36H,8-11,14-17H2,1-7H3. The topological polar surface area (TPSA) is 76.7 Å². The number of aryl methyl sites for hydroxylation is 1. The third-order valence-electron chi connectivity index (χ3n) is 7.64. The van der Waals surface area contributed by atoms with Gasteiger partial charge in [-0.25, -0.2) is 12.8 Å². The highest BCUT2D eigenvalue weighted by atomic mass is 35.5. The zero-order valence-corrected chi connectivity index (χ0v) is 27.1. The van der Waals surface area contributed by atoms with Gasteiger partial charge in [-0.15, -0.1) is 5.53 Å². The highest BCUT2D eigenvalue weighted by Gasteiger charge is 2.26. The summed E-state index contributed by atoms with van der Waals surface area (Å²) in [7, 11) is -3.59. The minimum absolute atomic E-state index is 0.0260. The molecule has 1 aliphatic rings. The molecular weight excluding hydrogens is 561 g/mol. The number of anilines is 3. The van der Waals surface area contributed by atoms with Crippen molar-refractivity contribution in [3.63, 3.8) is 0 Å². The number of nitrogens with one attached hydrogen (secondary N) is 3. The van der Waals surface area contributed by atoms with Crippen LogP contribution < -0.4 is 25.6 Å². The second kappa shape index (κ2) is 14.1. The molecular formula is C31H47ClFN5O2S. The van der Waals surface area contributed by atoms with Crippen LogP contribution in [-0.4, -0.2) is 27.3 Å². The molecule has 1 aliphatic heterocycles. The molecule has 1 heterocycles. The van der Waals surface area contributed by atoms with Gasteiger partial charge in [0.15, 0.2) is 0 Å². The molecule has 10 heteroatoms. The van der Waals surface area contributed by atoms with E-state index in [9.17, 15) is 8.42 Å². The summed E-state index contributed by atoms with van der Waals surface area (Å²) in [6.07, 6.45) is 6.40. The Hall–Kier alpha value is -2.49. The Labute approximate surface area is 251 Å². The van der Waals surface area contributed by atoms with Gasteiger partial charge in [0.2, 0.25) is 10.0 Å². The van der Waals surface area contributed by atoms with Crippen LogP contribution in [0.4, 0.5) is 21.5 Å². The number of rotatable bonds is 14. The van der Waals surface area contributed by atoms with Crippen LogP contribution >= 0.6 is 11.6 Å². The first-order chi connectivity index (χ1) is 19.3. The average Bonchev–Trinajstić information content (AvgIpc) is 3.39. The van der Waals surface area contributed by atoms with E-state index in [1.165, 1.54) is 28.4 Å². The first-order valence-electron chi connectivity index (χ1n) is 14.7. The highest BCUT2D eigenvalue weighted by Crippen LogP contribution is 2.37. The van der Waals surface area contributed by atoms with Crippen LogP contribution in [-0.2, 0) is 16.4 Å². The monoisotopic (exact) mass is 607 g/mol. The second-order valence-electron chi connectivity index (χ2n) is 11.8. The SMILES string of the molecule is CCCN(CCC(CC)C(C)(C)C)c1cc(CC)cc(C2=CN(c3c(F)ccc(NS(=O)(=O)CCC)c3Cl)NN2)c1. The molecule has 3 N–H and O–H groups in total. The van der Waals surface area contributed by atoms with Gasteiger partial charge in [0.1, 0.15) is 11.5 Å². The van der Waals surface area contributed by atoms with Crippen molar-refractivity contribution >= 4 is 44.4 Å². The van der Waals surface area contributed by atoms with Gasteiger partial charge in [-0.3, -0.25) is 9.73 Å². The van der Waals surface area contributed by atoms with Crippen molar-refractivity contribution in [2.45, 2.75) is 80.6 Å². The number of sulfonamides is 1. The van der Waals surface area contributed by atoms with E-state index in [4.69, 9.17) is 11.6 Å². The van der Waals surface area contributed by atoms with Gasteiger partial charge in [0.25, 0.3) is 0 Å². The van der Waals surface area contributed by atoms with Gasteiger partial charge in [0, 0.05) is 30.5 Å². The summed E-state index contributed by atoms with van der Waals surface area (Å²) in [5.41, 5.74) is 10.6. The van der Waals surface area contributed by atoms with Gasteiger partial charge < -0.3 is 10.3 Å². The fraction of sp³-hybridized carbons (Fsp3) is 0.548. The van der Waals surface area contributed by atoms with E-state index in [-0.39, 0.29) is 27.6 Å². The Balaban J connectivity index is 1.93. The summed E-state index contributed by atoms with van der Waals surface area (Å²) in [6, 6.07) is 9.11. The third-order valence-corrected chi connectivity index (χ3v) is 9.50. The van der Waals surface area contributed by atoms with Crippen LogP contribution in [0.1, 0.15) is 85.3 Å². The van der Waals surface area contributed by atoms with Gasteiger partial charge in [0.05, 0.1) is 22.2 Å². The molecule has 7 nitrogen and oxygen atoms in total. The molecule has 2 aromatic rings. The van der Waals surface area contributed by atoms with Gasteiger partial charge in [-0.1, -0.05) is 66.5 Å². The maximum atomic E-state index is 15.0. The molecule has 0 amide bonds. The number of hydrogen-bond donors (Lipinski definition) is 3. The zero-order chi connectivity index (χ0) is 30.4. The van der Waals surface area contributed by atoms with Gasteiger partial charge in [-0.05, 0) is 72.9 Å². The fourth-order valence-electron chi connectivity index (χ4n) is 5.33. The quantitative estimate of drug-likeness (QED) is 0.204. The lowest BCUT2D eigenvalue weighted by atomic mass is 9.77. The Kier molecular flexibility index (Phi) is 11.4. The van der Waals surface area contributed by atoms with E-state index in [1.54, 1.807) is 13.1 Å². The minimum Gasteiger partial charge on any atom is -0.372 e. The van der Waals surface area contributed by atoms with Gasteiger partial charge >= 0.3 is 0 Å². The normalized spacial score (nSPS) is 14.6. The smallest absolute Gasteiger partial charge is 0.232 e. The Morgan fingerprint density at radius 2 is 1.80 bits per heavy atom. The number of halogens is 2. The van der Waals surface area contributed by atoms with Crippen molar-refractivity contribution < 1.29 is 12.8 Å². The molecule has 0 spiro atoms. The average molecular weight is 608 g/mol. The molecule has 0 bridgehead atoms. The molecule has 0 saturated carbocycles. The van der Waals surface area contributed by atoms with E-state index in [2.05, 4.69) is 80.3 Å². The van der Waals surface area contributed by atoms with Crippen molar-refractivity contribution in [3.8, 4) is 0 Å². The van der Waals surface area contributed by atoms with Crippen LogP contribution in [0, 0.1) is 17.2 Å². The fourth-order valence-corrected chi connectivity index (χ4v) is 6.82. The Morgan fingerprint density at radius 1 is 1.07 bits per heavy atom. The van der Waals surface area contributed by atoms with Crippen molar-refractivity contribution in [3.05, 3.63) is 58.5 Å². The molecule has 228 valence electrons. The maximum absolute atomic E-state index is 15.0. The number of hydrogen-bond acceptors (Lipinski definition) is 6. The number of hydrazine groups is 2. The molecule has 0 radical (unpaired) electrons. The molecule has 0 aliphatic carbocycles. The molecule has 0 aromatic heterocycles. The summed E-state index contributed by atoms with van der Waals surface area (Å²) in [5.74, 6) is 0.000509. The number of benzene rings is 2. The summed E-state index contributed by atoms with van der Waals surface area (Å²) in [5, 5.41) is 1.42. The van der Waals surface area contributed by atoms with E-state index in [0.717, 1.165) is 50.0 Å². The lowest BCUT2D eigenvalue weighted by Gasteiger charge is -2.33. The molecule has 1 atom stereocenters. The van der Waals surface area contributed by atoms with E-state index >= 15 is 4.39 Å². The summed E-state index contributed by atoms with van der Waals surface area (Å²) in [4.78, 5) is 2.47. The van der Waals surface area contributed by atoms with Gasteiger partial charge in [-0.2, -0.15) is 0 Å². The molecule has 1 unspecified atom stereocenters. The molecule has 0 saturated heterocycles. The predicted molar refractivity (Wildman–Crippen MR) is 172 cm³/mol. The van der Waals surface area contributed by atoms with Crippen LogP contribution in [0.3, 0.4) is 0 Å². The van der Waals surface area contributed by atoms with E-state index < -0.39 is 15.8 Å². The first kappa shape index (κ1) is 33.0. The molecule has 41 heavy (non-hydrogen) atoms. The molecule has 0 fully saturated rings. The number of nitrogens with zero attached hydrogens (tertiary/aromatic N) is 2. The van der Waals surface area contributed by atoms with Crippen molar-refractivity contribution in [2.75, 3.05) is 33.5 Å². The molecule has 3 rings (SSSR count). The first-order valence-corrected chi connectivity index (χ1v) is 16.8. The maximum Gasteiger partial charge on any atom is 0.232 e. The van der Waals surface area contributed by atoms with Crippen LogP contribution in [0.25, 0.3) is 5.70 Å². The predicted octanol–water partition coefficient (Wildman–Crippen LogP) is 7.70. The summed E-state index contributed by atoms with van der Waals surface area (Å²) >= 11 is 6.54. The Bertz CT molecular complexity index is 1330. The van der Waals surface area contributed by atoms with Crippen LogP contribution in [0.15, 0.2) is 36.5 Å². The van der Waals surface area contributed by atoms with E-state index in [1.807, 2.05) is 0 Å². The van der Waals surface area contributed by atoms with Crippen LogP contribution in [0.2, 0.25) is 5.02 Å². The third kappa shape index (κ3) is 8.52.